The van der Waals surface area contributed by atoms with Crippen molar-refractivity contribution in [3.8, 4) is 0 Å². The molecule has 1 aromatic heterocycles. The van der Waals surface area contributed by atoms with Crippen LogP contribution in [0.2, 0.25) is 5.02 Å². The third-order valence-corrected chi connectivity index (χ3v) is 5.21. The average molecular weight is 371 g/mol. The van der Waals surface area contributed by atoms with Crippen molar-refractivity contribution in [2.45, 2.75) is 19.4 Å². The Morgan fingerprint density at radius 3 is 2.44 bits per heavy atom. The summed E-state index contributed by atoms with van der Waals surface area (Å²) < 4.78 is 0. The van der Waals surface area contributed by atoms with E-state index in [2.05, 4.69) is 16.5 Å². The number of rotatable bonds is 6. The van der Waals surface area contributed by atoms with E-state index in [-0.39, 0.29) is 6.04 Å². The first-order valence-electron chi connectivity index (χ1n) is 7.99. The van der Waals surface area contributed by atoms with Gasteiger partial charge in [-0.15, -0.1) is 11.3 Å². The first-order chi connectivity index (χ1) is 12.2. The smallest absolute Gasteiger partial charge is 0.0891 e. The molecule has 1 atom stereocenters. The van der Waals surface area contributed by atoms with Gasteiger partial charge in [-0.05, 0) is 48.2 Å². The van der Waals surface area contributed by atoms with Gasteiger partial charge in [0, 0.05) is 22.0 Å². The van der Waals surface area contributed by atoms with Gasteiger partial charge in [0.25, 0.3) is 0 Å². The van der Waals surface area contributed by atoms with E-state index in [4.69, 9.17) is 11.6 Å². The molecule has 2 N–H and O–H groups in total. The SMILES string of the molecule is Cc1ccc(/C(CC(Nc2ccc(Cl)cc2)c2cccs2)=N\O)cc1. The Morgan fingerprint density at radius 2 is 1.84 bits per heavy atom. The maximum Gasteiger partial charge on any atom is 0.0891 e. The highest BCUT2D eigenvalue weighted by atomic mass is 35.5. The molecule has 0 saturated carbocycles. The number of thiophene rings is 1. The summed E-state index contributed by atoms with van der Waals surface area (Å²) in [6.07, 6.45) is 0.572. The Kier molecular flexibility index (Phi) is 5.74. The summed E-state index contributed by atoms with van der Waals surface area (Å²) in [5.74, 6) is 0. The molecule has 3 rings (SSSR count). The number of oxime groups is 1. The van der Waals surface area contributed by atoms with Crippen molar-refractivity contribution in [2.75, 3.05) is 5.32 Å². The molecule has 0 saturated heterocycles. The van der Waals surface area contributed by atoms with Crippen molar-refractivity contribution in [3.05, 3.63) is 87.1 Å². The first kappa shape index (κ1) is 17.5. The summed E-state index contributed by atoms with van der Waals surface area (Å²) in [5, 5.41) is 19.4. The molecule has 3 nitrogen and oxygen atoms in total. The van der Waals surface area contributed by atoms with E-state index < -0.39 is 0 Å². The highest BCUT2D eigenvalue weighted by molar-refractivity contribution is 7.10. The molecule has 0 radical (unpaired) electrons. The van der Waals surface area contributed by atoms with Crippen LogP contribution >= 0.6 is 22.9 Å². The molecular weight excluding hydrogens is 352 g/mol. The van der Waals surface area contributed by atoms with Crippen LogP contribution in [0.4, 0.5) is 5.69 Å². The second kappa shape index (κ2) is 8.19. The van der Waals surface area contributed by atoms with E-state index in [9.17, 15) is 5.21 Å². The summed E-state index contributed by atoms with van der Waals surface area (Å²) >= 11 is 7.65. The van der Waals surface area contributed by atoms with Crippen molar-refractivity contribution in [3.63, 3.8) is 0 Å². The van der Waals surface area contributed by atoms with E-state index in [1.54, 1.807) is 11.3 Å². The van der Waals surface area contributed by atoms with Crippen LogP contribution < -0.4 is 5.32 Å². The van der Waals surface area contributed by atoms with Gasteiger partial charge >= 0.3 is 0 Å². The normalized spacial score (nSPS) is 12.8. The number of nitrogens with zero attached hydrogens (tertiary/aromatic N) is 1. The average Bonchev–Trinajstić information content (AvgIpc) is 3.16. The molecule has 0 bridgehead atoms. The summed E-state index contributed by atoms with van der Waals surface area (Å²) in [5.41, 5.74) is 3.73. The van der Waals surface area contributed by atoms with Crippen molar-refractivity contribution in [2.24, 2.45) is 5.16 Å². The zero-order valence-corrected chi connectivity index (χ0v) is 15.4. The van der Waals surface area contributed by atoms with Crippen molar-refractivity contribution in [1.29, 1.82) is 0 Å². The molecular formula is C20H19ClN2OS. The predicted octanol–water partition coefficient (Wildman–Crippen LogP) is 6.13. The Labute approximate surface area is 156 Å². The Hall–Kier alpha value is -2.30. The highest BCUT2D eigenvalue weighted by Crippen LogP contribution is 2.28. The standard InChI is InChI=1S/C20H19ClN2OS/c1-14-4-6-15(7-5-14)18(23-24)13-19(20-3-2-12-25-20)22-17-10-8-16(21)9-11-17/h2-12,19,22,24H,13H2,1H3/b23-18-. The minimum Gasteiger partial charge on any atom is -0.411 e. The van der Waals surface area contributed by atoms with Crippen molar-refractivity contribution >= 4 is 34.3 Å². The largest absolute Gasteiger partial charge is 0.411 e. The maximum atomic E-state index is 9.54. The molecule has 128 valence electrons. The van der Waals surface area contributed by atoms with Crippen LogP contribution in [0.3, 0.4) is 0 Å². The van der Waals surface area contributed by atoms with Crippen molar-refractivity contribution < 1.29 is 5.21 Å². The summed E-state index contributed by atoms with van der Waals surface area (Å²) in [6, 6.07) is 19.7. The highest BCUT2D eigenvalue weighted by Gasteiger charge is 2.17. The van der Waals surface area contributed by atoms with Crippen LogP contribution in [0.1, 0.15) is 28.5 Å². The number of hydrogen-bond donors (Lipinski definition) is 2. The van der Waals surface area contributed by atoms with E-state index in [1.165, 1.54) is 10.4 Å². The second-order valence-electron chi connectivity index (χ2n) is 5.84. The van der Waals surface area contributed by atoms with Gasteiger partial charge in [-0.3, -0.25) is 0 Å². The second-order valence-corrected chi connectivity index (χ2v) is 7.25. The summed E-state index contributed by atoms with van der Waals surface area (Å²) in [7, 11) is 0. The van der Waals surface area contributed by atoms with Gasteiger partial charge in [0.2, 0.25) is 0 Å². The monoisotopic (exact) mass is 370 g/mol. The zero-order chi connectivity index (χ0) is 17.6. The molecule has 5 heteroatoms. The quantitative estimate of drug-likeness (QED) is 0.311. The van der Waals surface area contributed by atoms with Crippen molar-refractivity contribution in [1.82, 2.24) is 0 Å². The summed E-state index contributed by atoms with van der Waals surface area (Å²) in [6.45, 7) is 2.04. The van der Waals surface area contributed by atoms with E-state index in [1.807, 2.05) is 66.9 Å². The van der Waals surface area contributed by atoms with Gasteiger partial charge in [-0.25, -0.2) is 0 Å². The fourth-order valence-corrected chi connectivity index (χ4v) is 3.52. The summed E-state index contributed by atoms with van der Waals surface area (Å²) in [4.78, 5) is 1.18. The third kappa shape index (κ3) is 4.62. The molecule has 0 aliphatic carbocycles. The Morgan fingerprint density at radius 1 is 1.12 bits per heavy atom. The lowest BCUT2D eigenvalue weighted by atomic mass is 10.0. The molecule has 0 aliphatic rings. The molecule has 0 aliphatic heterocycles. The minimum atomic E-state index is 0.00776. The van der Waals surface area contributed by atoms with Crippen LogP contribution in [0.25, 0.3) is 0 Å². The van der Waals surface area contributed by atoms with Crippen LogP contribution in [-0.2, 0) is 0 Å². The van der Waals surface area contributed by atoms with Crippen LogP contribution in [0, 0.1) is 6.92 Å². The number of halogens is 1. The number of hydrogen-bond acceptors (Lipinski definition) is 4. The van der Waals surface area contributed by atoms with Gasteiger partial charge < -0.3 is 10.5 Å². The number of aryl methyl sites for hydroxylation is 1. The lowest BCUT2D eigenvalue weighted by molar-refractivity contribution is 0.317. The molecule has 0 spiro atoms. The molecule has 1 unspecified atom stereocenters. The van der Waals surface area contributed by atoms with Gasteiger partial charge in [-0.2, -0.15) is 0 Å². The zero-order valence-electron chi connectivity index (χ0n) is 13.8. The molecule has 2 aromatic carbocycles. The third-order valence-electron chi connectivity index (χ3n) is 3.97. The van der Waals surface area contributed by atoms with Gasteiger partial charge in [-0.1, -0.05) is 52.7 Å². The fourth-order valence-electron chi connectivity index (χ4n) is 2.62. The predicted molar refractivity (Wildman–Crippen MR) is 106 cm³/mol. The van der Waals surface area contributed by atoms with Crippen LogP contribution in [-0.4, -0.2) is 10.9 Å². The van der Waals surface area contributed by atoms with Crippen LogP contribution in [0.5, 0.6) is 0 Å². The lowest BCUT2D eigenvalue weighted by Gasteiger charge is -2.19. The van der Waals surface area contributed by atoms with E-state index in [0.717, 1.165) is 11.3 Å². The van der Waals surface area contributed by atoms with Gasteiger partial charge in [0.1, 0.15) is 0 Å². The van der Waals surface area contributed by atoms with Gasteiger partial charge in [0.15, 0.2) is 0 Å². The minimum absolute atomic E-state index is 0.00776. The topological polar surface area (TPSA) is 44.6 Å². The van der Waals surface area contributed by atoms with Crippen LogP contribution in [0.15, 0.2) is 71.2 Å². The fraction of sp³-hybridized carbons (Fsp3) is 0.150. The Balaban J connectivity index is 1.84. The number of anilines is 1. The number of nitrogens with one attached hydrogen (secondary N) is 1. The first-order valence-corrected chi connectivity index (χ1v) is 9.25. The molecule has 3 aromatic rings. The van der Waals surface area contributed by atoms with E-state index in [0.29, 0.717) is 17.2 Å². The molecule has 1 heterocycles. The maximum absolute atomic E-state index is 9.54. The van der Waals surface area contributed by atoms with E-state index >= 15 is 0 Å². The molecule has 25 heavy (non-hydrogen) atoms. The van der Waals surface area contributed by atoms with Gasteiger partial charge in [0.05, 0.1) is 11.8 Å². The molecule has 0 amide bonds. The lowest BCUT2D eigenvalue weighted by Crippen LogP contribution is -2.15. The molecule has 0 fully saturated rings. The Bertz CT molecular complexity index is 827. The number of benzene rings is 2.